The zero-order valence-corrected chi connectivity index (χ0v) is 14.9. The second-order valence-electron chi connectivity index (χ2n) is 6.84. The van der Waals surface area contributed by atoms with Gasteiger partial charge in [0.1, 0.15) is 0 Å². The highest BCUT2D eigenvalue weighted by Gasteiger charge is 2.20. The highest BCUT2D eigenvalue weighted by Crippen LogP contribution is 2.18. The minimum atomic E-state index is -0.0284. The van der Waals surface area contributed by atoms with Gasteiger partial charge >= 0.3 is 0 Å². The molecule has 0 spiro atoms. The van der Waals surface area contributed by atoms with E-state index in [1.54, 1.807) is 33.8 Å². The molecule has 0 aliphatic carbocycles. The summed E-state index contributed by atoms with van der Waals surface area (Å²) in [5.41, 5.74) is 1.60. The molecule has 1 saturated heterocycles. The number of likely N-dealkylation sites (tertiary alicyclic amines) is 1. The molecular weight excluding hydrogens is 318 g/mol. The smallest absolute Gasteiger partial charge is 0.266 e. The van der Waals surface area contributed by atoms with Gasteiger partial charge in [-0.05, 0) is 51.8 Å². The molecule has 0 saturated carbocycles. The molecule has 134 valence electrons. The lowest BCUT2D eigenvalue weighted by Crippen LogP contribution is -2.39. The molecule has 0 bridgehead atoms. The third-order valence-electron chi connectivity index (χ3n) is 4.81. The van der Waals surface area contributed by atoms with Crippen LogP contribution >= 0.6 is 0 Å². The third kappa shape index (κ3) is 4.63. The minimum absolute atomic E-state index is 0.00674. The quantitative estimate of drug-likeness (QED) is 0.804. The SMILES string of the molecule is Cc1cc(=O)n(CCN2CCC(Cn3nc(C)ccc3=O)CC2)cn1. The van der Waals surface area contributed by atoms with E-state index in [1.807, 2.05) is 13.8 Å². The third-order valence-corrected chi connectivity index (χ3v) is 4.81. The van der Waals surface area contributed by atoms with E-state index in [0.29, 0.717) is 19.0 Å². The van der Waals surface area contributed by atoms with Crippen molar-refractivity contribution < 1.29 is 0 Å². The molecule has 1 fully saturated rings. The largest absolute Gasteiger partial charge is 0.302 e. The van der Waals surface area contributed by atoms with E-state index in [1.165, 1.54) is 0 Å². The highest BCUT2D eigenvalue weighted by molar-refractivity contribution is 4.97. The normalized spacial score (nSPS) is 16.2. The number of aryl methyl sites for hydroxylation is 2. The molecule has 2 aromatic rings. The van der Waals surface area contributed by atoms with Gasteiger partial charge in [-0.3, -0.25) is 14.2 Å². The van der Waals surface area contributed by atoms with Gasteiger partial charge < -0.3 is 4.90 Å². The second kappa shape index (κ2) is 7.74. The van der Waals surface area contributed by atoms with Crippen molar-refractivity contribution in [2.45, 2.75) is 39.8 Å². The summed E-state index contributed by atoms with van der Waals surface area (Å²) in [6.07, 6.45) is 3.71. The van der Waals surface area contributed by atoms with Crippen LogP contribution < -0.4 is 11.1 Å². The fourth-order valence-electron chi connectivity index (χ4n) is 3.25. The number of piperidine rings is 1. The van der Waals surface area contributed by atoms with Crippen LogP contribution in [0.5, 0.6) is 0 Å². The lowest BCUT2D eigenvalue weighted by molar-refractivity contribution is 0.164. The van der Waals surface area contributed by atoms with Crippen molar-refractivity contribution in [2.75, 3.05) is 19.6 Å². The van der Waals surface area contributed by atoms with Crippen molar-refractivity contribution in [2.24, 2.45) is 5.92 Å². The Labute approximate surface area is 146 Å². The number of aromatic nitrogens is 4. The number of hydrogen-bond acceptors (Lipinski definition) is 5. The Morgan fingerprint density at radius 3 is 2.52 bits per heavy atom. The van der Waals surface area contributed by atoms with Gasteiger partial charge in [-0.25, -0.2) is 9.67 Å². The molecule has 0 atom stereocenters. The van der Waals surface area contributed by atoms with Crippen LogP contribution in [0, 0.1) is 19.8 Å². The van der Waals surface area contributed by atoms with Gasteiger partial charge in [-0.1, -0.05) is 0 Å². The van der Waals surface area contributed by atoms with Crippen LogP contribution in [0.1, 0.15) is 24.2 Å². The molecule has 1 aliphatic heterocycles. The number of hydrogen-bond donors (Lipinski definition) is 0. The van der Waals surface area contributed by atoms with E-state index in [4.69, 9.17) is 0 Å². The first kappa shape index (κ1) is 17.5. The summed E-state index contributed by atoms with van der Waals surface area (Å²) in [5.74, 6) is 0.479. The van der Waals surface area contributed by atoms with Crippen molar-refractivity contribution in [1.82, 2.24) is 24.2 Å². The average molecular weight is 343 g/mol. The van der Waals surface area contributed by atoms with Crippen LogP contribution in [0.3, 0.4) is 0 Å². The van der Waals surface area contributed by atoms with E-state index in [0.717, 1.165) is 43.9 Å². The van der Waals surface area contributed by atoms with Crippen LogP contribution in [0.4, 0.5) is 0 Å². The van der Waals surface area contributed by atoms with E-state index < -0.39 is 0 Å². The van der Waals surface area contributed by atoms with Gasteiger partial charge in [-0.2, -0.15) is 5.10 Å². The Bertz CT molecular complexity index is 834. The van der Waals surface area contributed by atoms with Gasteiger partial charge in [0.25, 0.3) is 11.1 Å². The van der Waals surface area contributed by atoms with Crippen molar-refractivity contribution in [3.05, 3.63) is 56.6 Å². The molecule has 0 N–H and O–H groups in total. The predicted molar refractivity (Wildman–Crippen MR) is 95.6 cm³/mol. The van der Waals surface area contributed by atoms with Crippen LogP contribution in [-0.4, -0.2) is 43.9 Å². The van der Waals surface area contributed by atoms with Gasteiger partial charge in [0.15, 0.2) is 0 Å². The summed E-state index contributed by atoms with van der Waals surface area (Å²) >= 11 is 0. The monoisotopic (exact) mass is 343 g/mol. The Balaban J connectivity index is 1.49. The van der Waals surface area contributed by atoms with E-state index in [-0.39, 0.29) is 11.1 Å². The van der Waals surface area contributed by atoms with Crippen LogP contribution in [0.15, 0.2) is 34.1 Å². The zero-order chi connectivity index (χ0) is 17.8. The Hall–Kier alpha value is -2.28. The number of nitrogens with zero attached hydrogens (tertiary/aromatic N) is 5. The average Bonchev–Trinajstić information content (AvgIpc) is 2.59. The Kier molecular flexibility index (Phi) is 5.43. The van der Waals surface area contributed by atoms with Crippen molar-refractivity contribution in [1.29, 1.82) is 0 Å². The fourth-order valence-corrected chi connectivity index (χ4v) is 3.25. The lowest BCUT2D eigenvalue weighted by atomic mass is 9.97. The maximum atomic E-state index is 11.9. The molecule has 2 aromatic heterocycles. The zero-order valence-electron chi connectivity index (χ0n) is 14.9. The molecule has 0 aromatic carbocycles. The van der Waals surface area contributed by atoms with Crippen LogP contribution in [-0.2, 0) is 13.1 Å². The fraction of sp³-hybridized carbons (Fsp3) is 0.556. The van der Waals surface area contributed by atoms with Crippen molar-refractivity contribution >= 4 is 0 Å². The molecule has 1 aliphatic rings. The topological polar surface area (TPSA) is 73.0 Å². The van der Waals surface area contributed by atoms with Gasteiger partial charge in [0.05, 0.1) is 12.0 Å². The Morgan fingerprint density at radius 2 is 1.80 bits per heavy atom. The minimum Gasteiger partial charge on any atom is -0.302 e. The van der Waals surface area contributed by atoms with E-state index >= 15 is 0 Å². The summed E-state index contributed by atoms with van der Waals surface area (Å²) in [5, 5.41) is 4.32. The molecular formula is C18H25N5O2. The summed E-state index contributed by atoms with van der Waals surface area (Å²) in [4.78, 5) is 30.3. The molecule has 0 amide bonds. The predicted octanol–water partition coefficient (Wildman–Crippen LogP) is 0.829. The van der Waals surface area contributed by atoms with Gasteiger partial charge in [0.2, 0.25) is 0 Å². The lowest BCUT2D eigenvalue weighted by Gasteiger charge is -2.32. The highest BCUT2D eigenvalue weighted by atomic mass is 16.1. The Morgan fingerprint density at radius 1 is 1.04 bits per heavy atom. The molecule has 7 nitrogen and oxygen atoms in total. The van der Waals surface area contributed by atoms with Crippen molar-refractivity contribution in [3.8, 4) is 0 Å². The van der Waals surface area contributed by atoms with Crippen LogP contribution in [0.2, 0.25) is 0 Å². The maximum absolute atomic E-state index is 11.9. The molecule has 3 heterocycles. The first-order valence-corrected chi connectivity index (χ1v) is 8.81. The van der Waals surface area contributed by atoms with Gasteiger partial charge in [-0.15, -0.1) is 0 Å². The first-order chi connectivity index (χ1) is 12.0. The molecule has 25 heavy (non-hydrogen) atoms. The standard InChI is InChI=1S/C18H25N5O2/c1-14-3-4-17(24)23(20-14)12-16-5-7-21(8-6-16)9-10-22-13-19-15(2)11-18(22)25/h3-4,11,13,16H,5-10,12H2,1-2H3. The van der Waals surface area contributed by atoms with E-state index in [9.17, 15) is 9.59 Å². The van der Waals surface area contributed by atoms with Gasteiger partial charge in [0, 0.05) is 37.5 Å². The molecule has 7 heteroatoms. The summed E-state index contributed by atoms with van der Waals surface area (Å²) in [6.45, 7) is 7.90. The summed E-state index contributed by atoms with van der Waals surface area (Å²) in [7, 11) is 0. The van der Waals surface area contributed by atoms with E-state index in [2.05, 4.69) is 15.0 Å². The van der Waals surface area contributed by atoms with Crippen LogP contribution in [0.25, 0.3) is 0 Å². The molecule has 0 radical (unpaired) electrons. The maximum Gasteiger partial charge on any atom is 0.266 e. The molecule has 0 unspecified atom stereocenters. The molecule has 3 rings (SSSR count). The number of rotatable bonds is 5. The summed E-state index contributed by atoms with van der Waals surface area (Å²) < 4.78 is 3.25. The second-order valence-corrected chi connectivity index (χ2v) is 6.84. The summed E-state index contributed by atoms with van der Waals surface area (Å²) in [6, 6.07) is 4.91. The van der Waals surface area contributed by atoms with Crippen molar-refractivity contribution in [3.63, 3.8) is 0 Å². The first-order valence-electron chi connectivity index (χ1n) is 8.81.